The topological polar surface area (TPSA) is 19.4 Å². The summed E-state index contributed by atoms with van der Waals surface area (Å²) in [6.45, 7) is 8.91. The Morgan fingerprint density at radius 3 is 2.67 bits per heavy atom. The fraction of sp³-hybridized carbons (Fsp3) is 0.706. The third kappa shape index (κ3) is 4.10. The van der Waals surface area contributed by atoms with Gasteiger partial charge in [0.1, 0.15) is 5.82 Å². The minimum absolute atomic E-state index is 0.0427. The van der Waals surface area contributed by atoms with Gasteiger partial charge in [0.2, 0.25) is 0 Å². The first-order valence-electron chi connectivity index (χ1n) is 7.80. The predicted octanol–water partition coefficient (Wildman–Crippen LogP) is 3.65. The summed E-state index contributed by atoms with van der Waals surface area (Å²) in [6, 6.07) is 4.81. The van der Waals surface area contributed by atoms with Crippen LogP contribution < -0.4 is 4.90 Å². The molecule has 3 nitrogen and oxygen atoms in total. The van der Waals surface area contributed by atoms with Crippen LogP contribution in [0.3, 0.4) is 0 Å². The van der Waals surface area contributed by atoms with E-state index >= 15 is 0 Å². The number of hydrogen-bond donors (Lipinski definition) is 0. The number of rotatable bonds is 3. The highest BCUT2D eigenvalue weighted by Crippen LogP contribution is 2.27. The summed E-state index contributed by atoms with van der Waals surface area (Å²) in [5.41, 5.74) is 2.32. The van der Waals surface area contributed by atoms with Crippen molar-refractivity contribution in [1.29, 1.82) is 0 Å². The molecule has 0 aliphatic carbocycles. The number of piperidine rings is 1. The Balaban J connectivity index is 2.29. The lowest BCUT2D eigenvalue weighted by Gasteiger charge is -2.37. The number of pyridine rings is 1. The van der Waals surface area contributed by atoms with Crippen LogP contribution in [0.1, 0.15) is 44.9 Å². The molecule has 1 aromatic heterocycles. The molecule has 4 heteroatoms. The molecular weight excluding hydrogens is 282 g/mol. The third-order valence-electron chi connectivity index (χ3n) is 4.30. The molecule has 0 aromatic carbocycles. The first-order valence-corrected chi connectivity index (χ1v) is 8.33. The zero-order valence-electron chi connectivity index (χ0n) is 14.0. The van der Waals surface area contributed by atoms with Gasteiger partial charge in [0.05, 0.1) is 0 Å². The lowest BCUT2D eigenvalue weighted by atomic mass is 9.91. The lowest BCUT2D eigenvalue weighted by molar-refractivity contribution is 0.247. The number of nitrogens with zero attached hydrogens (tertiary/aromatic N) is 3. The minimum atomic E-state index is 0.0427. The van der Waals surface area contributed by atoms with Gasteiger partial charge in [-0.15, -0.1) is 11.6 Å². The van der Waals surface area contributed by atoms with Crippen molar-refractivity contribution < 1.29 is 0 Å². The SMILES string of the molecule is CN1CCCC(N(C)c2cc(CCl)cc(C(C)(C)C)n2)C1. The largest absolute Gasteiger partial charge is 0.355 e. The van der Waals surface area contributed by atoms with Gasteiger partial charge in [0.25, 0.3) is 0 Å². The van der Waals surface area contributed by atoms with Crippen LogP contribution in [0.25, 0.3) is 0 Å². The van der Waals surface area contributed by atoms with E-state index in [1.807, 2.05) is 0 Å². The number of alkyl halides is 1. The van der Waals surface area contributed by atoms with E-state index in [-0.39, 0.29) is 5.41 Å². The Labute approximate surface area is 134 Å². The highest BCUT2D eigenvalue weighted by atomic mass is 35.5. The number of anilines is 1. The van der Waals surface area contributed by atoms with E-state index in [0.29, 0.717) is 11.9 Å². The van der Waals surface area contributed by atoms with Crippen LogP contribution in [0.5, 0.6) is 0 Å². The first kappa shape index (κ1) is 16.6. The molecule has 118 valence electrons. The van der Waals surface area contributed by atoms with Crippen molar-refractivity contribution in [3.8, 4) is 0 Å². The average Bonchev–Trinajstić information content (AvgIpc) is 2.45. The van der Waals surface area contributed by atoms with Gasteiger partial charge in [0.15, 0.2) is 0 Å². The van der Waals surface area contributed by atoms with Crippen LogP contribution in [0.15, 0.2) is 12.1 Å². The summed E-state index contributed by atoms with van der Waals surface area (Å²) in [4.78, 5) is 9.64. The molecule has 1 fully saturated rings. The van der Waals surface area contributed by atoms with Crippen molar-refractivity contribution in [2.45, 2.75) is 50.9 Å². The van der Waals surface area contributed by atoms with Gasteiger partial charge in [-0.2, -0.15) is 0 Å². The molecule has 0 radical (unpaired) electrons. The number of aromatic nitrogens is 1. The highest BCUT2D eigenvalue weighted by molar-refractivity contribution is 6.17. The zero-order valence-corrected chi connectivity index (χ0v) is 14.7. The maximum Gasteiger partial charge on any atom is 0.129 e. The van der Waals surface area contributed by atoms with Crippen LogP contribution in [-0.2, 0) is 11.3 Å². The van der Waals surface area contributed by atoms with E-state index in [2.05, 4.69) is 56.8 Å². The molecule has 21 heavy (non-hydrogen) atoms. The predicted molar refractivity (Wildman–Crippen MR) is 91.4 cm³/mol. The first-order chi connectivity index (χ1) is 9.81. The maximum atomic E-state index is 6.08. The molecule has 1 aromatic rings. The van der Waals surface area contributed by atoms with E-state index in [4.69, 9.17) is 16.6 Å². The van der Waals surface area contributed by atoms with Gasteiger partial charge in [-0.05, 0) is 44.1 Å². The second-order valence-electron chi connectivity index (χ2n) is 7.27. The van der Waals surface area contributed by atoms with Gasteiger partial charge in [-0.3, -0.25) is 0 Å². The van der Waals surface area contributed by atoms with E-state index in [1.54, 1.807) is 0 Å². The lowest BCUT2D eigenvalue weighted by Crippen LogP contribution is -2.45. The molecule has 1 aliphatic heterocycles. The number of halogens is 1. The second kappa shape index (κ2) is 6.53. The average molecular weight is 310 g/mol. The van der Waals surface area contributed by atoms with Gasteiger partial charge < -0.3 is 9.80 Å². The number of hydrogen-bond acceptors (Lipinski definition) is 3. The Hall–Kier alpha value is -0.800. The van der Waals surface area contributed by atoms with Crippen LogP contribution >= 0.6 is 11.6 Å². The molecule has 1 unspecified atom stereocenters. The van der Waals surface area contributed by atoms with E-state index < -0.39 is 0 Å². The zero-order chi connectivity index (χ0) is 15.6. The van der Waals surface area contributed by atoms with Crippen molar-refractivity contribution in [1.82, 2.24) is 9.88 Å². The molecule has 0 spiro atoms. The summed E-state index contributed by atoms with van der Waals surface area (Å²) in [5.74, 6) is 1.59. The van der Waals surface area contributed by atoms with Crippen LogP contribution in [0.2, 0.25) is 0 Å². The summed E-state index contributed by atoms with van der Waals surface area (Å²) < 4.78 is 0. The second-order valence-corrected chi connectivity index (χ2v) is 7.54. The summed E-state index contributed by atoms with van der Waals surface area (Å²) >= 11 is 6.08. The quantitative estimate of drug-likeness (QED) is 0.795. The van der Waals surface area contributed by atoms with Crippen molar-refractivity contribution in [3.05, 3.63) is 23.4 Å². The maximum absolute atomic E-state index is 6.08. The third-order valence-corrected chi connectivity index (χ3v) is 4.61. The van der Waals surface area contributed by atoms with Crippen molar-refractivity contribution >= 4 is 17.4 Å². The van der Waals surface area contributed by atoms with E-state index in [9.17, 15) is 0 Å². The van der Waals surface area contributed by atoms with E-state index in [1.165, 1.54) is 19.4 Å². The van der Waals surface area contributed by atoms with Gasteiger partial charge in [0, 0.05) is 36.6 Å². The Morgan fingerprint density at radius 1 is 1.38 bits per heavy atom. The Bertz CT molecular complexity index is 481. The molecule has 1 aliphatic rings. The van der Waals surface area contributed by atoms with Gasteiger partial charge >= 0.3 is 0 Å². The smallest absolute Gasteiger partial charge is 0.129 e. The fourth-order valence-electron chi connectivity index (χ4n) is 2.86. The Kier molecular flexibility index (Phi) is 5.15. The normalized spacial score (nSPS) is 20.6. The van der Waals surface area contributed by atoms with Crippen LogP contribution in [0, 0.1) is 0 Å². The van der Waals surface area contributed by atoms with Crippen molar-refractivity contribution in [2.75, 3.05) is 32.1 Å². The fourth-order valence-corrected chi connectivity index (χ4v) is 3.01. The number of likely N-dealkylation sites (N-methyl/N-ethyl adjacent to an activating group) is 2. The molecule has 2 heterocycles. The summed E-state index contributed by atoms with van der Waals surface area (Å²) in [7, 11) is 4.36. The van der Waals surface area contributed by atoms with Crippen molar-refractivity contribution in [2.24, 2.45) is 0 Å². The minimum Gasteiger partial charge on any atom is -0.355 e. The molecule has 2 rings (SSSR count). The van der Waals surface area contributed by atoms with Crippen molar-refractivity contribution in [3.63, 3.8) is 0 Å². The molecular formula is C17H28ClN3. The molecule has 1 saturated heterocycles. The number of likely N-dealkylation sites (tertiary alicyclic amines) is 1. The van der Waals surface area contributed by atoms with Gasteiger partial charge in [-0.1, -0.05) is 20.8 Å². The van der Waals surface area contributed by atoms with Gasteiger partial charge in [-0.25, -0.2) is 4.98 Å². The molecule has 0 amide bonds. The van der Waals surface area contributed by atoms with Crippen LogP contribution in [-0.4, -0.2) is 43.1 Å². The standard InChI is InChI=1S/C17H28ClN3/c1-17(2,3)15-9-13(11-18)10-16(19-15)21(5)14-7-6-8-20(4)12-14/h9-10,14H,6-8,11-12H2,1-5H3. The molecule has 1 atom stereocenters. The van der Waals surface area contributed by atoms with E-state index in [0.717, 1.165) is 23.6 Å². The molecule has 0 bridgehead atoms. The Morgan fingerprint density at radius 2 is 2.10 bits per heavy atom. The molecule has 0 saturated carbocycles. The summed E-state index contributed by atoms with van der Waals surface area (Å²) in [6.07, 6.45) is 2.49. The summed E-state index contributed by atoms with van der Waals surface area (Å²) in [5, 5.41) is 0. The van der Waals surface area contributed by atoms with Crippen LogP contribution in [0.4, 0.5) is 5.82 Å². The monoisotopic (exact) mass is 309 g/mol. The molecule has 0 N–H and O–H groups in total. The highest BCUT2D eigenvalue weighted by Gasteiger charge is 2.24.